The molecule has 164 valence electrons. The standard InChI is InChI=1S/C21H21F3N4O3/c1-3-18(29)26-14-5-4-6-15(11-14)28-20(30)17(12-25)19(21(22,23)24)27-13-7-9-16(31-2)10-8-13/h4-12H,3,25H2,1-2H3,(H,26,29)(H,28,30)/p+1. The largest absolute Gasteiger partial charge is 0.497 e. The Labute approximate surface area is 176 Å². The summed E-state index contributed by atoms with van der Waals surface area (Å²) in [5, 5.41) is 4.96. The Morgan fingerprint density at radius 3 is 2.23 bits per heavy atom. The smallest absolute Gasteiger partial charge is 0.478 e. The van der Waals surface area contributed by atoms with Crippen LogP contribution in [0.3, 0.4) is 0 Å². The van der Waals surface area contributed by atoms with E-state index in [2.05, 4.69) is 15.6 Å². The van der Waals surface area contributed by atoms with Crippen molar-refractivity contribution in [3.63, 3.8) is 0 Å². The lowest BCUT2D eigenvalue weighted by molar-refractivity contribution is -0.367. The lowest BCUT2D eigenvalue weighted by Gasteiger charge is -2.11. The number of rotatable bonds is 7. The van der Waals surface area contributed by atoms with Crippen molar-refractivity contribution in [1.82, 2.24) is 0 Å². The first-order valence-corrected chi connectivity index (χ1v) is 9.16. The van der Waals surface area contributed by atoms with Gasteiger partial charge >= 0.3 is 11.9 Å². The second-order valence-corrected chi connectivity index (χ2v) is 6.24. The lowest BCUT2D eigenvalue weighted by Crippen LogP contribution is -2.71. The van der Waals surface area contributed by atoms with Crippen molar-refractivity contribution in [2.45, 2.75) is 19.5 Å². The number of nitrogens with two attached hydrogens (primary N) is 1. The van der Waals surface area contributed by atoms with Crippen molar-refractivity contribution in [2.75, 3.05) is 17.7 Å². The Kier molecular flexibility index (Phi) is 7.78. The van der Waals surface area contributed by atoms with Crippen molar-refractivity contribution in [2.24, 2.45) is 5.73 Å². The van der Waals surface area contributed by atoms with Crippen LogP contribution >= 0.6 is 0 Å². The lowest BCUT2D eigenvalue weighted by atomic mass is 10.1. The number of carbonyl (C=O) groups is 2. The van der Waals surface area contributed by atoms with Crippen LogP contribution < -0.4 is 26.1 Å². The Balaban J connectivity index is 2.32. The first-order chi connectivity index (χ1) is 14.7. The van der Waals surface area contributed by atoms with Crippen molar-refractivity contribution in [1.29, 1.82) is 0 Å². The predicted octanol–water partition coefficient (Wildman–Crippen LogP) is 2.24. The van der Waals surface area contributed by atoms with Gasteiger partial charge in [-0.2, -0.15) is 13.2 Å². The highest BCUT2D eigenvalue weighted by Gasteiger charge is 2.46. The number of benzene rings is 2. The van der Waals surface area contributed by atoms with E-state index in [1.165, 1.54) is 49.6 Å². The third-order valence-electron chi connectivity index (χ3n) is 4.05. The highest BCUT2D eigenvalue weighted by atomic mass is 19.4. The van der Waals surface area contributed by atoms with Crippen LogP contribution in [-0.4, -0.2) is 30.8 Å². The highest BCUT2D eigenvalue weighted by molar-refractivity contribution is 6.25. The number of hydrogen-bond acceptors (Lipinski definition) is 4. The van der Waals surface area contributed by atoms with Gasteiger partial charge in [0.1, 0.15) is 11.3 Å². The molecule has 10 heteroatoms. The first kappa shape index (κ1) is 23.5. The molecule has 0 unspecified atom stereocenters. The van der Waals surface area contributed by atoms with Gasteiger partial charge in [0.25, 0.3) is 5.91 Å². The van der Waals surface area contributed by atoms with Gasteiger partial charge in [-0.1, -0.05) is 13.0 Å². The van der Waals surface area contributed by atoms with E-state index < -0.39 is 23.4 Å². The van der Waals surface area contributed by atoms with E-state index in [0.29, 0.717) is 17.6 Å². The molecule has 0 fully saturated rings. The quantitative estimate of drug-likeness (QED) is 0.395. The molecule has 0 aliphatic rings. The molecule has 0 saturated carbocycles. The summed E-state index contributed by atoms with van der Waals surface area (Å²) in [5.41, 5.74) is 3.91. The van der Waals surface area contributed by atoms with Crippen LogP contribution in [0, 0.1) is 0 Å². The summed E-state index contributed by atoms with van der Waals surface area (Å²) in [6.07, 6.45) is -4.06. The van der Waals surface area contributed by atoms with Crippen LogP contribution in [0.4, 0.5) is 30.2 Å². The van der Waals surface area contributed by atoms with E-state index in [1.54, 1.807) is 13.0 Å². The van der Waals surface area contributed by atoms with Gasteiger partial charge in [0.15, 0.2) is 0 Å². The zero-order chi connectivity index (χ0) is 23.0. The average molecular weight is 435 g/mol. The molecule has 0 bridgehead atoms. The number of alkyl halides is 3. The topological polar surface area (TPSA) is 107 Å². The van der Waals surface area contributed by atoms with Gasteiger partial charge in [0, 0.05) is 36.1 Å². The van der Waals surface area contributed by atoms with Crippen LogP contribution in [0.5, 0.6) is 5.75 Å². The van der Waals surface area contributed by atoms with Crippen molar-refractivity contribution in [3.8, 4) is 5.75 Å². The van der Waals surface area contributed by atoms with E-state index in [-0.39, 0.29) is 23.7 Å². The SMILES string of the molecule is CCC(=O)Nc1cccc(NC(=O)C(=CN)C(=[NH+]c2ccc(OC)cc2)C(F)(F)F)c1. The molecule has 0 aliphatic heterocycles. The molecular formula is C21H22F3N4O3+. The third-order valence-corrected chi connectivity index (χ3v) is 4.05. The van der Waals surface area contributed by atoms with E-state index >= 15 is 0 Å². The maximum atomic E-state index is 13.7. The molecule has 2 aromatic rings. The Morgan fingerprint density at radius 2 is 1.71 bits per heavy atom. The number of hydrogen-bond donors (Lipinski definition) is 4. The molecule has 31 heavy (non-hydrogen) atoms. The molecule has 0 saturated heterocycles. The fourth-order valence-corrected chi connectivity index (χ4v) is 2.50. The van der Waals surface area contributed by atoms with Gasteiger partial charge in [-0.05, 0) is 30.3 Å². The number of carbonyl (C=O) groups excluding carboxylic acids is 2. The fraction of sp³-hybridized carbons (Fsp3) is 0.190. The number of methoxy groups -OCH3 is 1. The van der Waals surface area contributed by atoms with Crippen LogP contribution in [0.2, 0.25) is 0 Å². The molecule has 7 nitrogen and oxygen atoms in total. The second-order valence-electron chi connectivity index (χ2n) is 6.24. The number of nitrogens with one attached hydrogen (secondary N) is 3. The molecule has 0 atom stereocenters. The molecule has 2 amide bonds. The second kappa shape index (κ2) is 10.3. The summed E-state index contributed by atoms with van der Waals surface area (Å²) in [6.45, 7) is 1.67. The molecule has 0 aliphatic carbocycles. The average Bonchev–Trinajstić information content (AvgIpc) is 2.73. The summed E-state index contributed by atoms with van der Waals surface area (Å²) in [6, 6.07) is 11.7. The molecular weight excluding hydrogens is 413 g/mol. The Hall–Kier alpha value is -3.82. The minimum absolute atomic E-state index is 0.0875. The van der Waals surface area contributed by atoms with Gasteiger partial charge in [0.2, 0.25) is 11.6 Å². The number of amides is 2. The zero-order valence-electron chi connectivity index (χ0n) is 16.8. The Morgan fingerprint density at radius 1 is 1.10 bits per heavy atom. The van der Waals surface area contributed by atoms with Gasteiger partial charge in [0.05, 0.1) is 7.11 Å². The summed E-state index contributed by atoms with van der Waals surface area (Å²) in [7, 11) is 1.43. The van der Waals surface area contributed by atoms with E-state index in [4.69, 9.17) is 10.5 Å². The third kappa shape index (κ3) is 6.59. The van der Waals surface area contributed by atoms with Crippen molar-refractivity contribution >= 4 is 34.6 Å². The maximum absolute atomic E-state index is 13.7. The number of anilines is 2. The zero-order valence-corrected chi connectivity index (χ0v) is 16.8. The summed E-state index contributed by atoms with van der Waals surface area (Å²) < 4.78 is 46.0. The first-order valence-electron chi connectivity index (χ1n) is 9.16. The predicted molar refractivity (Wildman–Crippen MR) is 111 cm³/mol. The van der Waals surface area contributed by atoms with E-state index in [0.717, 1.165) is 0 Å². The normalized spacial score (nSPS) is 12.3. The molecule has 2 rings (SSSR count). The Bertz CT molecular complexity index is 1000. The van der Waals surface area contributed by atoms with Gasteiger partial charge in [-0.3, -0.25) is 9.59 Å². The van der Waals surface area contributed by atoms with Crippen LogP contribution in [0.1, 0.15) is 13.3 Å². The fourth-order valence-electron chi connectivity index (χ4n) is 2.50. The molecule has 0 aromatic heterocycles. The van der Waals surface area contributed by atoms with Crippen molar-refractivity contribution < 1.29 is 32.5 Å². The minimum Gasteiger partial charge on any atom is -0.497 e. The molecule has 2 aromatic carbocycles. The van der Waals surface area contributed by atoms with Crippen LogP contribution in [0.15, 0.2) is 60.3 Å². The number of ether oxygens (including phenoxy) is 1. The van der Waals surface area contributed by atoms with E-state index in [1.807, 2.05) is 0 Å². The highest BCUT2D eigenvalue weighted by Crippen LogP contribution is 2.22. The summed E-state index contributed by atoms with van der Waals surface area (Å²) >= 11 is 0. The van der Waals surface area contributed by atoms with Crippen LogP contribution in [-0.2, 0) is 9.59 Å². The van der Waals surface area contributed by atoms with Gasteiger partial charge < -0.3 is 21.1 Å². The van der Waals surface area contributed by atoms with Gasteiger partial charge in [-0.15, -0.1) is 0 Å². The minimum atomic E-state index is -4.89. The molecule has 5 N–H and O–H groups in total. The molecule has 0 spiro atoms. The van der Waals surface area contributed by atoms with Crippen LogP contribution in [0.25, 0.3) is 0 Å². The molecule has 0 radical (unpaired) electrons. The van der Waals surface area contributed by atoms with Crippen molar-refractivity contribution in [3.05, 3.63) is 60.3 Å². The maximum Gasteiger partial charge on any atom is 0.478 e. The summed E-state index contributed by atoms with van der Waals surface area (Å²) in [4.78, 5) is 26.3. The summed E-state index contributed by atoms with van der Waals surface area (Å²) in [5.74, 6) is -0.862. The van der Waals surface area contributed by atoms with E-state index in [9.17, 15) is 22.8 Å². The monoisotopic (exact) mass is 435 g/mol. The number of halogens is 3. The van der Waals surface area contributed by atoms with Gasteiger partial charge in [-0.25, -0.2) is 4.99 Å². The molecule has 0 heterocycles.